The lowest BCUT2D eigenvalue weighted by atomic mass is 9.79. The molecule has 1 atom stereocenters. The highest BCUT2D eigenvalue weighted by molar-refractivity contribution is 6.04. The molecule has 2 aromatic rings. The summed E-state index contributed by atoms with van der Waals surface area (Å²) in [5.41, 5.74) is 7.16. The van der Waals surface area contributed by atoms with Crippen LogP contribution in [0.2, 0.25) is 0 Å². The van der Waals surface area contributed by atoms with Crippen molar-refractivity contribution in [3.8, 4) is 0 Å². The molecule has 0 amide bonds. The smallest absolute Gasteiger partial charge is 0.290 e. The number of hydrogen-bond donors (Lipinski definition) is 2. The highest BCUT2D eigenvalue weighted by atomic mass is 35.5. The summed E-state index contributed by atoms with van der Waals surface area (Å²) in [5.74, 6) is -1.49. The third kappa shape index (κ3) is 2.51. The first-order valence-corrected chi connectivity index (χ1v) is 9.75. The second kappa shape index (κ2) is 6.58. The number of halogens is 1. The Bertz CT molecular complexity index is 1180. The zero-order valence-corrected chi connectivity index (χ0v) is 16.6. The van der Waals surface area contributed by atoms with E-state index in [4.69, 9.17) is 0 Å². The molecule has 6 rings (SSSR count). The highest BCUT2D eigenvalue weighted by Gasteiger charge is 2.44. The summed E-state index contributed by atoms with van der Waals surface area (Å²) in [4.78, 5) is 10.4. The predicted octanol–water partition coefficient (Wildman–Crippen LogP) is 4.28. The Labute approximate surface area is 175 Å². The molecule has 2 aromatic carbocycles. The van der Waals surface area contributed by atoms with Crippen molar-refractivity contribution in [2.45, 2.75) is 31.5 Å². The Morgan fingerprint density at radius 1 is 1.07 bits per heavy atom. The number of nitrogens with zero attached hydrogens (tertiary/aromatic N) is 3. The fraction of sp³-hybridized carbons (Fsp3) is 0.217. The summed E-state index contributed by atoms with van der Waals surface area (Å²) >= 11 is 0. The summed E-state index contributed by atoms with van der Waals surface area (Å²) < 4.78 is 0. The van der Waals surface area contributed by atoms with Crippen molar-refractivity contribution in [1.82, 2.24) is 5.32 Å². The molecule has 2 heterocycles. The van der Waals surface area contributed by atoms with E-state index in [9.17, 15) is 5.11 Å². The second-order valence-electron chi connectivity index (χ2n) is 7.63. The first kappa shape index (κ1) is 18.2. The fourth-order valence-corrected chi connectivity index (χ4v) is 4.81. The molecule has 0 bridgehead atoms. The maximum Gasteiger partial charge on any atom is 0.290 e. The molecule has 0 saturated carbocycles. The van der Waals surface area contributed by atoms with Crippen molar-refractivity contribution in [2.75, 3.05) is 4.90 Å². The van der Waals surface area contributed by atoms with Crippen molar-refractivity contribution in [1.29, 1.82) is 0 Å². The van der Waals surface area contributed by atoms with Crippen LogP contribution in [0, 0.1) is 0 Å². The van der Waals surface area contributed by atoms with Crippen LogP contribution in [0.5, 0.6) is 0 Å². The molecule has 2 aliphatic heterocycles. The Morgan fingerprint density at radius 3 is 2.93 bits per heavy atom. The number of benzene rings is 2. The molecule has 0 radical (unpaired) electrons. The summed E-state index contributed by atoms with van der Waals surface area (Å²) in [7, 11) is 0. The Hall–Kier alpha value is -2.89. The topological polar surface area (TPSA) is 60.2 Å². The summed E-state index contributed by atoms with van der Waals surface area (Å²) in [6.45, 7) is 0. The number of hydrogen-bond acceptors (Lipinski definition) is 5. The minimum Gasteiger partial charge on any atom is -0.351 e. The van der Waals surface area contributed by atoms with Crippen LogP contribution in [0.1, 0.15) is 30.4 Å². The van der Waals surface area contributed by atoms with E-state index in [1.54, 1.807) is 23.0 Å². The number of anilines is 1. The summed E-state index contributed by atoms with van der Waals surface area (Å²) in [6, 6.07) is 10.7. The van der Waals surface area contributed by atoms with Gasteiger partial charge in [-0.3, -0.25) is 4.90 Å². The minimum atomic E-state index is -1.49. The van der Waals surface area contributed by atoms with Gasteiger partial charge in [-0.2, -0.15) is 0 Å². The van der Waals surface area contributed by atoms with Gasteiger partial charge in [-0.1, -0.05) is 42.0 Å². The zero-order valence-electron chi connectivity index (χ0n) is 15.8. The van der Waals surface area contributed by atoms with Crippen LogP contribution in [-0.4, -0.2) is 23.6 Å². The van der Waals surface area contributed by atoms with E-state index in [-0.39, 0.29) is 12.4 Å². The van der Waals surface area contributed by atoms with E-state index in [2.05, 4.69) is 51.7 Å². The highest BCUT2D eigenvalue weighted by Crippen LogP contribution is 2.43. The standard InChI is InChI=1S/C23H20N4O.ClH/c28-23-22(12-24-13-26-23)25-14-27(23)21-7-3-6-17-19-9-8-15-4-1-2-5-16(15)18(19)10-11-20(17)21;/h2-3,5-7,10-14,28H,1,4,8-9H2,(H,24,26);1H. The van der Waals surface area contributed by atoms with Crippen molar-refractivity contribution in [3.63, 3.8) is 0 Å². The van der Waals surface area contributed by atoms with E-state index < -0.39 is 5.85 Å². The average molecular weight is 405 g/mol. The van der Waals surface area contributed by atoms with Gasteiger partial charge in [0.2, 0.25) is 0 Å². The second-order valence-corrected chi connectivity index (χ2v) is 7.63. The Morgan fingerprint density at radius 2 is 2.00 bits per heavy atom. The zero-order chi connectivity index (χ0) is 18.7. The van der Waals surface area contributed by atoms with Crippen LogP contribution in [0.25, 0.3) is 16.3 Å². The lowest BCUT2D eigenvalue weighted by Crippen LogP contribution is -2.46. The molecule has 4 aliphatic rings. The average Bonchev–Trinajstić information content (AvgIpc) is 3.09. The van der Waals surface area contributed by atoms with Gasteiger partial charge in [0, 0.05) is 11.6 Å². The number of aryl methyl sites for hydroxylation is 1. The van der Waals surface area contributed by atoms with Gasteiger partial charge in [-0.25, -0.2) is 9.98 Å². The van der Waals surface area contributed by atoms with Gasteiger partial charge in [0.15, 0.2) is 0 Å². The Balaban J connectivity index is 0.00000181. The molecule has 0 aromatic heterocycles. The van der Waals surface area contributed by atoms with Crippen LogP contribution in [0.4, 0.5) is 5.69 Å². The molecule has 6 heteroatoms. The third-order valence-electron chi connectivity index (χ3n) is 6.19. The maximum absolute atomic E-state index is 11.2. The predicted molar refractivity (Wildman–Crippen MR) is 120 cm³/mol. The number of nitrogens with one attached hydrogen (secondary N) is 1. The van der Waals surface area contributed by atoms with Gasteiger partial charge in [0.05, 0.1) is 18.4 Å². The van der Waals surface area contributed by atoms with E-state index in [1.807, 2.05) is 6.07 Å². The van der Waals surface area contributed by atoms with Gasteiger partial charge < -0.3 is 10.4 Å². The van der Waals surface area contributed by atoms with E-state index in [1.165, 1.54) is 34.8 Å². The van der Waals surface area contributed by atoms with Crippen molar-refractivity contribution in [2.24, 2.45) is 9.98 Å². The van der Waals surface area contributed by atoms with Crippen molar-refractivity contribution < 1.29 is 5.11 Å². The number of fused-ring (bicyclic) bond motifs is 5. The van der Waals surface area contributed by atoms with Gasteiger partial charge in [0.25, 0.3) is 5.85 Å². The molecule has 2 N–H and O–H groups in total. The largest absolute Gasteiger partial charge is 0.351 e. The monoisotopic (exact) mass is 404 g/mol. The first-order chi connectivity index (χ1) is 13.8. The van der Waals surface area contributed by atoms with Crippen LogP contribution in [0.3, 0.4) is 0 Å². The van der Waals surface area contributed by atoms with Gasteiger partial charge in [-0.15, -0.1) is 12.4 Å². The summed E-state index contributed by atoms with van der Waals surface area (Å²) in [6.07, 6.45) is 14.0. The minimum absolute atomic E-state index is 0. The molecule has 5 nitrogen and oxygen atoms in total. The number of aliphatic imine (C=N–C) groups is 2. The van der Waals surface area contributed by atoms with E-state index >= 15 is 0 Å². The molecule has 29 heavy (non-hydrogen) atoms. The number of aliphatic hydroxyl groups is 1. The van der Waals surface area contributed by atoms with Crippen molar-refractivity contribution in [3.05, 3.63) is 71.1 Å². The molecule has 146 valence electrons. The molecule has 2 aliphatic carbocycles. The van der Waals surface area contributed by atoms with Crippen molar-refractivity contribution >= 4 is 47.1 Å². The quantitative estimate of drug-likeness (QED) is 0.745. The maximum atomic E-state index is 11.2. The van der Waals surface area contributed by atoms with Crippen LogP contribution >= 0.6 is 12.4 Å². The summed E-state index contributed by atoms with van der Waals surface area (Å²) in [5, 5.41) is 16.4. The molecular weight excluding hydrogens is 384 g/mol. The number of allylic oxidation sites excluding steroid dienone is 4. The lowest BCUT2D eigenvalue weighted by Gasteiger charge is -2.32. The Kier molecular flexibility index (Phi) is 4.12. The number of rotatable bonds is 1. The molecule has 0 spiro atoms. The first-order valence-electron chi connectivity index (χ1n) is 9.75. The van der Waals surface area contributed by atoms with Crippen LogP contribution in [-0.2, 0) is 6.42 Å². The van der Waals surface area contributed by atoms with Crippen LogP contribution < -0.4 is 10.2 Å². The molecule has 1 unspecified atom stereocenters. The molecule has 0 saturated heterocycles. The SMILES string of the molecule is Cl.OC12N=CNC=C1N=CN2c1cccc2c3c(ccc12)C1=C(CCC=C1)CC3. The molecule has 0 fully saturated rings. The van der Waals surface area contributed by atoms with Gasteiger partial charge in [0.1, 0.15) is 5.70 Å². The normalized spacial score (nSPS) is 23.9. The fourth-order valence-electron chi connectivity index (χ4n) is 4.81. The van der Waals surface area contributed by atoms with E-state index in [0.29, 0.717) is 5.70 Å². The van der Waals surface area contributed by atoms with Gasteiger partial charge in [-0.05, 0) is 53.8 Å². The van der Waals surface area contributed by atoms with Crippen LogP contribution in [0.15, 0.2) is 69.9 Å². The molecular formula is C23H21ClN4O. The third-order valence-corrected chi connectivity index (χ3v) is 6.19. The van der Waals surface area contributed by atoms with Gasteiger partial charge >= 0.3 is 0 Å². The van der Waals surface area contributed by atoms with E-state index in [0.717, 1.165) is 30.3 Å². The lowest BCUT2D eigenvalue weighted by molar-refractivity contribution is 0.102.